The molecule has 1 aromatic rings. The Labute approximate surface area is 124 Å². The quantitative estimate of drug-likeness (QED) is 0.830. The van der Waals surface area contributed by atoms with Crippen LogP contribution in [-0.4, -0.2) is 46.3 Å². The van der Waals surface area contributed by atoms with Gasteiger partial charge in [0.15, 0.2) is 0 Å². The fourth-order valence-electron chi connectivity index (χ4n) is 2.69. The van der Waals surface area contributed by atoms with Crippen LogP contribution < -0.4 is 5.73 Å². The summed E-state index contributed by atoms with van der Waals surface area (Å²) in [5.74, 6) is -0.660. The minimum Gasteiger partial charge on any atom is -0.466 e. The standard InChI is InChI=1S/C14H22N4O3/c1-4-21-14(20)10-6-5-7-18(8-10)13(19)12-11(15)9(2)16-17(12)3/h10H,4-8,15H2,1-3H3. The Morgan fingerprint density at radius 2 is 2.19 bits per heavy atom. The number of carbonyl (C=O) groups is 2. The lowest BCUT2D eigenvalue weighted by molar-refractivity contribution is -0.149. The van der Waals surface area contributed by atoms with Gasteiger partial charge < -0.3 is 15.4 Å². The van der Waals surface area contributed by atoms with Crippen LogP contribution in [0, 0.1) is 12.8 Å². The van der Waals surface area contributed by atoms with Gasteiger partial charge in [-0.15, -0.1) is 0 Å². The number of aromatic nitrogens is 2. The lowest BCUT2D eigenvalue weighted by Gasteiger charge is -2.31. The molecular weight excluding hydrogens is 272 g/mol. The molecule has 116 valence electrons. The van der Waals surface area contributed by atoms with Gasteiger partial charge in [0.1, 0.15) is 5.69 Å². The maximum Gasteiger partial charge on any atom is 0.310 e. The van der Waals surface area contributed by atoms with Crippen LogP contribution in [-0.2, 0) is 16.6 Å². The van der Waals surface area contributed by atoms with Gasteiger partial charge in [0, 0.05) is 20.1 Å². The number of piperidine rings is 1. The van der Waals surface area contributed by atoms with Crippen LogP contribution in [0.3, 0.4) is 0 Å². The zero-order chi connectivity index (χ0) is 15.6. The first-order valence-corrected chi connectivity index (χ1v) is 7.20. The van der Waals surface area contributed by atoms with Crippen LogP contribution in [0.15, 0.2) is 0 Å². The van der Waals surface area contributed by atoms with E-state index in [1.807, 2.05) is 0 Å². The van der Waals surface area contributed by atoms with Crippen LogP contribution in [0.1, 0.15) is 35.9 Å². The van der Waals surface area contributed by atoms with Gasteiger partial charge in [-0.1, -0.05) is 0 Å². The molecule has 7 heteroatoms. The van der Waals surface area contributed by atoms with Crippen molar-refractivity contribution in [3.8, 4) is 0 Å². The van der Waals surface area contributed by atoms with Crippen molar-refractivity contribution in [2.45, 2.75) is 26.7 Å². The minimum atomic E-state index is -0.252. The van der Waals surface area contributed by atoms with Gasteiger partial charge in [0.2, 0.25) is 0 Å². The van der Waals surface area contributed by atoms with E-state index in [-0.39, 0.29) is 17.8 Å². The normalized spacial score (nSPS) is 18.6. The average Bonchev–Trinajstić information content (AvgIpc) is 2.72. The Morgan fingerprint density at radius 1 is 1.48 bits per heavy atom. The molecule has 0 aliphatic carbocycles. The molecule has 0 bridgehead atoms. The van der Waals surface area contributed by atoms with Crippen molar-refractivity contribution in [2.75, 3.05) is 25.4 Å². The van der Waals surface area contributed by atoms with E-state index >= 15 is 0 Å². The van der Waals surface area contributed by atoms with Crippen molar-refractivity contribution in [3.05, 3.63) is 11.4 Å². The van der Waals surface area contributed by atoms with E-state index in [1.165, 1.54) is 4.68 Å². The van der Waals surface area contributed by atoms with E-state index in [2.05, 4.69) is 5.10 Å². The SMILES string of the molecule is CCOC(=O)C1CCCN(C(=O)c2c(N)c(C)nn2C)C1. The van der Waals surface area contributed by atoms with Crippen molar-refractivity contribution >= 4 is 17.6 Å². The molecule has 1 saturated heterocycles. The van der Waals surface area contributed by atoms with E-state index in [4.69, 9.17) is 10.5 Å². The zero-order valence-corrected chi connectivity index (χ0v) is 12.8. The van der Waals surface area contributed by atoms with Gasteiger partial charge in [0.05, 0.1) is 23.9 Å². The molecule has 1 fully saturated rings. The smallest absolute Gasteiger partial charge is 0.310 e. The van der Waals surface area contributed by atoms with Gasteiger partial charge >= 0.3 is 5.97 Å². The highest BCUT2D eigenvalue weighted by Crippen LogP contribution is 2.23. The van der Waals surface area contributed by atoms with Crippen molar-refractivity contribution in [1.82, 2.24) is 14.7 Å². The van der Waals surface area contributed by atoms with E-state index in [1.54, 1.807) is 25.8 Å². The first-order chi connectivity index (χ1) is 9.95. The van der Waals surface area contributed by atoms with Gasteiger partial charge in [-0.3, -0.25) is 14.3 Å². The second-order valence-corrected chi connectivity index (χ2v) is 5.31. The predicted molar refractivity (Wildman–Crippen MR) is 77.6 cm³/mol. The number of nitrogen functional groups attached to an aromatic ring is 1. The summed E-state index contributed by atoms with van der Waals surface area (Å²) in [7, 11) is 1.70. The number of amides is 1. The Morgan fingerprint density at radius 3 is 2.76 bits per heavy atom. The first kappa shape index (κ1) is 15.3. The number of likely N-dealkylation sites (tertiary alicyclic amines) is 1. The maximum atomic E-state index is 12.6. The highest BCUT2D eigenvalue weighted by Gasteiger charge is 2.32. The average molecular weight is 294 g/mol. The third kappa shape index (κ3) is 3.01. The number of carbonyl (C=O) groups excluding carboxylic acids is 2. The zero-order valence-electron chi connectivity index (χ0n) is 12.8. The molecular formula is C14H22N4O3. The number of ether oxygens (including phenoxy) is 1. The number of hydrogen-bond donors (Lipinski definition) is 1. The van der Waals surface area contributed by atoms with E-state index in [9.17, 15) is 9.59 Å². The molecule has 1 amide bonds. The topological polar surface area (TPSA) is 90.4 Å². The van der Waals surface area contributed by atoms with Gasteiger partial charge in [0.25, 0.3) is 5.91 Å². The molecule has 2 N–H and O–H groups in total. The van der Waals surface area contributed by atoms with Crippen molar-refractivity contribution in [2.24, 2.45) is 13.0 Å². The largest absolute Gasteiger partial charge is 0.466 e. The summed E-state index contributed by atoms with van der Waals surface area (Å²) < 4.78 is 6.55. The number of aryl methyl sites for hydroxylation is 2. The monoisotopic (exact) mass is 294 g/mol. The first-order valence-electron chi connectivity index (χ1n) is 7.20. The number of hydrogen-bond acceptors (Lipinski definition) is 5. The molecule has 7 nitrogen and oxygen atoms in total. The summed E-state index contributed by atoms with van der Waals surface area (Å²) in [6, 6.07) is 0. The lowest BCUT2D eigenvalue weighted by atomic mass is 9.98. The summed E-state index contributed by atoms with van der Waals surface area (Å²) in [4.78, 5) is 26.1. The summed E-state index contributed by atoms with van der Waals surface area (Å²) in [5.41, 5.74) is 7.36. The number of nitrogens with zero attached hydrogens (tertiary/aromatic N) is 3. The van der Waals surface area contributed by atoms with Crippen LogP contribution in [0.25, 0.3) is 0 Å². The molecule has 0 radical (unpaired) electrons. The summed E-state index contributed by atoms with van der Waals surface area (Å²) in [6.45, 7) is 4.91. The van der Waals surface area contributed by atoms with Crippen molar-refractivity contribution in [3.63, 3.8) is 0 Å². The Kier molecular flexibility index (Phi) is 4.50. The Balaban J connectivity index is 2.14. The number of rotatable bonds is 3. The molecule has 1 unspecified atom stereocenters. The van der Waals surface area contributed by atoms with Crippen LogP contribution in [0.5, 0.6) is 0 Å². The number of nitrogens with two attached hydrogens (primary N) is 1. The molecule has 1 aliphatic rings. The molecule has 0 spiro atoms. The fourth-order valence-corrected chi connectivity index (χ4v) is 2.69. The minimum absolute atomic E-state index is 0.176. The number of anilines is 1. The van der Waals surface area contributed by atoms with Gasteiger partial charge in [-0.05, 0) is 26.7 Å². The second kappa shape index (κ2) is 6.15. The van der Waals surface area contributed by atoms with E-state index in [0.29, 0.717) is 36.8 Å². The Hall–Kier alpha value is -2.05. The third-order valence-electron chi connectivity index (χ3n) is 3.80. The molecule has 1 atom stereocenters. The highest BCUT2D eigenvalue weighted by atomic mass is 16.5. The summed E-state index contributed by atoms with van der Waals surface area (Å²) >= 11 is 0. The summed E-state index contributed by atoms with van der Waals surface area (Å²) in [6.07, 6.45) is 1.54. The summed E-state index contributed by atoms with van der Waals surface area (Å²) in [5, 5.41) is 4.16. The molecule has 2 heterocycles. The van der Waals surface area contributed by atoms with Crippen molar-refractivity contribution in [1.29, 1.82) is 0 Å². The van der Waals surface area contributed by atoms with E-state index in [0.717, 1.165) is 12.8 Å². The van der Waals surface area contributed by atoms with Crippen LogP contribution in [0.2, 0.25) is 0 Å². The maximum absolute atomic E-state index is 12.6. The second-order valence-electron chi connectivity index (χ2n) is 5.31. The third-order valence-corrected chi connectivity index (χ3v) is 3.80. The van der Waals surface area contributed by atoms with Gasteiger partial charge in [-0.2, -0.15) is 5.10 Å². The lowest BCUT2D eigenvalue weighted by Crippen LogP contribution is -2.43. The van der Waals surface area contributed by atoms with Gasteiger partial charge in [-0.25, -0.2) is 0 Å². The fraction of sp³-hybridized carbons (Fsp3) is 0.643. The molecule has 2 rings (SSSR count). The molecule has 0 aromatic carbocycles. The molecule has 21 heavy (non-hydrogen) atoms. The Bertz CT molecular complexity index is 553. The molecule has 1 aromatic heterocycles. The van der Waals surface area contributed by atoms with E-state index < -0.39 is 0 Å². The van der Waals surface area contributed by atoms with Crippen LogP contribution in [0.4, 0.5) is 5.69 Å². The number of esters is 1. The molecule has 0 saturated carbocycles. The van der Waals surface area contributed by atoms with Crippen LogP contribution >= 0.6 is 0 Å². The predicted octanol–water partition coefficient (Wildman–Crippen LogP) is 0.726. The van der Waals surface area contributed by atoms with Crippen molar-refractivity contribution < 1.29 is 14.3 Å². The molecule has 1 aliphatic heterocycles. The highest BCUT2D eigenvalue weighted by molar-refractivity contribution is 5.98.